The lowest BCUT2D eigenvalue weighted by Gasteiger charge is -2.05. The number of methoxy groups -OCH3 is 1. The van der Waals surface area contributed by atoms with E-state index in [-0.39, 0.29) is 6.10 Å². The number of rotatable bonds is 1. The van der Waals surface area contributed by atoms with Crippen LogP contribution in [0, 0.1) is 0 Å². The van der Waals surface area contributed by atoms with Crippen molar-refractivity contribution in [3.8, 4) is 0 Å². The fraction of sp³-hybridized carbons (Fsp3) is 0.250. The van der Waals surface area contributed by atoms with Gasteiger partial charge in [-0.1, -0.05) is 24.3 Å². The highest BCUT2D eigenvalue weighted by Gasteiger charge is 2.23. The van der Waals surface area contributed by atoms with Crippen molar-refractivity contribution in [1.29, 1.82) is 0 Å². The second-order valence-corrected chi connectivity index (χ2v) is 2.28. The van der Waals surface area contributed by atoms with Crippen LogP contribution in [0.15, 0.2) is 35.5 Å². The molecule has 0 saturated carbocycles. The first kappa shape index (κ1) is 5.00. The molecular formula is C8H8O. The molecule has 0 spiro atoms. The van der Waals surface area contributed by atoms with E-state index in [1.807, 2.05) is 0 Å². The number of hydrogen-bond acceptors (Lipinski definition) is 1. The zero-order valence-electron chi connectivity index (χ0n) is 5.29. The van der Waals surface area contributed by atoms with Gasteiger partial charge in [-0.15, -0.1) is 0 Å². The maximum atomic E-state index is 5.20. The summed E-state index contributed by atoms with van der Waals surface area (Å²) >= 11 is 0. The molecule has 0 unspecified atom stereocenters. The predicted molar refractivity (Wildman–Crippen MR) is 36.1 cm³/mol. The third-order valence-corrected chi connectivity index (χ3v) is 1.78. The van der Waals surface area contributed by atoms with Gasteiger partial charge in [0.15, 0.2) is 0 Å². The van der Waals surface area contributed by atoms with Crippen molar-refractivity contribution >= 4 is 0 Å². The molecule has 2 aliphatic carbocycles. The van der Waals surface area contributed by atoms with Crippen molar-refractivity contribution in [3.05, 3.63) is 35.5 Å². The Balaban J connectivity index is 2.38. The molecule has 0 aliphatic heterocycles. The van der Waals surface area contributed by atoms with Gasteiger partial charge in [0.2, 0.25) is 0 Å². The van der Waals surface area contributed by atoms with E-state index in [2.05, 4.69) is 24.3 Å². The van der Waals surface area contributed by atoms with E-state index in [0.717, 1.165) is 0 Å². The summed E-state index contributed by atoms with van der Waals surface area (Å²) in [7, 11) is 1.74. The van der Waals surface area contributed by atoms with Crippen molar-refractivity contribution in [1.82, 2.24) is 0 Å². The molecule has 9 heavy (non-hydrogen) atoms. The fourth-order valence-electron chi connectivity index (χ4n) is 1.31. The van der Waals surface area contributed by atoms with Gasteiger partial charge in [-0.05, 0) is 11.1 Å². The molecule has 2 rings (SSSR count). The molecular weight excluding hydrogens is 112 g/mol. The zero-order chi connectivity index (χ0) is 6.27. The Morgan fingerprint density at radius 3 is 2.00 bits per heavy atom. The molecule has 0 aromatic rings. The van der Waals surface area contributed by atoms with Crippen LogP contribution in [0.2, 0.25) is 0 Å². The average Bonchev–Trinajstić information content (AvgIpc) is 2.44. The quantitative estimate of drug-likeness (QED) is 0.508. The average molecular weight is 120 g/mol. The SMILES string of the molecule is COC1C2=CC=C1C=C2. The summed E-state index contributed by atoms with van der Waals surface area (Å²) in [5.74, 6) is 0. The van der Waals surface area contributed by atoms with Crippen molar-refractivity contribution < 1.29 is 4.74 Å². The van der Waals surface area contributed by atoms with E-state index >= 15 is 0 Å². The first-order valence-corrected chi connectivity index (χ1v) is 3.04. The summed E-state index contributed by atoms with van der Waals surface area (Å²) in [6.45, 7) is 0. The molecule has 0 saturated heterocycles. The highest BCUT2D eigenvalue weighted by Crippen LogP contribution is 2.30. The summed E-state index contributed by atoms with van der Waals surface area (Å²) in [6.07, 6.45) is 8.66. The Bertz CT molecular complexity index is 199. The first-order chi connectivity index (χ1) is 4.42. The monoisotopic (exact) mass is 120 g/mol. The van der Waals surface area contributed by atoms with Crippen LogP contribution in [0.4, 0.5) is 0 Å². The van der Waals surface area contributed by atoms with Crippen molar-refractivity contribution in [2.45, 2.75) is 6.10 Å². The van der Waals surface area contributed by atoms with Crippen LogP contribution in [0.1, 0.15) is 0 Å². The van der Waals surface area contributed by atoms with Gasteiger partial charge in [-0.25, -0.2) is 0 Å². The molecule has 2 aliphatic rings. The van der Waals surface area contributed by atoms with Gasteiger partial charge in [0, 0.05) is 7.11 Å². The van der Waals surface area contributed by atoms with E-state index in [4.69, 9.17) is 4.74 Å². The molecule has 2 bridgehead atoms. The summed E-state index contributed by atoms with van der Waals surface area (Å²) in [6, 6.07) is 0. The Kier molecular flexibility index (Phi) is 0.878. The predicted octanol–water partition coefficient (Wildman–Crippen LogP) is 1.44. The van der Waals surface area contributed by atoms with Crippen LogP contribution in [-0.2, 0) is 4.74 Å². The number of allylic oxidation sites excluding steroid dienone is 2. The van der Waals surface area contributed by atoms with Crippen LogP contribution in [-0.4, -0.2) is 13.2 Å². The van der Waals surface area contributed by atoms with Crippen molar-refractivity contribution in [3.63, 3.8) is 0 Å². The van der Waals surface area contributed by atoms with E-state index in [9.17, 15) is 0 Å². The Hall–Kier alpha value is -0.820. The maximum absolute atomic E-state index is 5.20. The van der Waals surface area contributed by atoms with Gasteiger partial charge in [0.05, 0.1) is 0 Å². The van der Waals surface area contributed by atoms with Gasteiger partial charge < -0.3 is 4.74 Å². The van der Waals surface area contributed by atoms with Crippen LogP contribution in [0.25, 0.3) is 0 Å². The summed E-state index contributed by atoms with van der Waals surface area (Å²) in [4.78, 5) is 0. The van der Waals surface area contributed by atoms with Gasteiger partial charge in [-0.2, -0.15) is 0 Å². The molecule has 0 heterocycles. The second-order valence-electron chi connectivity index (χ2n) is 2.28. The molecule has 0 radical (unpaired) electrons. The fourth-order valence-corrected chi connectivity index (χ4v) is 1.31. The van der Waals surface area contributed by atoms with E-state index < -0.39 is 0 Å². The highest BCUT2D eigenvalue weighted by atomic mass is 16.5. The lowest BCUT2D eigenvalue weighted by atomic mass is 10.2. The minimum absolute atomic E-state index is 0.255. The number of fused-ring (bicyclic) bond motifs is 2. The van der Waals surface area contributed by atoms with Gasteiger partial charge >= 0.3 is 0 Å². The van der Waals surface area contributed by atoms with Crippen LogP contribution >= 0.6 is 0 Å². The molecule has 0 aromatic carbocycles. The van der Waals surface area contributed by atoms with Gasteiger partial charge in [0.25, 0.3) is 0 Å². The topological polar surface area (TPSA) is 9.23 Å². The maximum Gasteiger partial charge on any atom is 0.107 e. The van der Waals surface area contributed by atoms with E-state index in [1.165, 1.54) is 11.1 Å². The van der Waals surface area contributed by atoms with Crippen molar-refractivity contribution in [2.75, 3.05) is 7.11 Å². The summed E-state index contributed by atoms with van der Waals surface area (Å²) < 4.78 is 5.20. The zero-order valence-corrected chi connectivity index (χ0v) is 5.29. The molecule has 0 amide bonds. The van der Waals surface area contributed by atoms with Gasteiger partial charge in [0.1, 0.15) is 6.10 Å². The van der Waals surface area contributed by atoms with Crippen LogP contribution < -0.4 is 0 Å². The minimum Gasteiger partial charge on any atom is -0.372 e. The Morgan fingerprint density at radius 2 is 1.78 bits per heavy atom. The van der Waals surface area contributed by atoms with Crippen LogP contribution in [0.5, 0.6) is 0 Å². The van der Waals surface area contributed by atoms with E-state index in [1.54, 1.807) is 7.11 Å². The lowest BCUT2D eigenvalue weighted by molar-refractivity contribution is 0.170. The smallest absolute Gasteiger partial charge is 0.107 e. The lowest BCUT2D eigenvalue weighted by Crippen LogP contribution is -2.06. The minimum atomic E-state index is 0.255. The second kappa shape index (κ2) is 1.58. The number of ether oxygens (including phenoxy) is 1. The van der Waals surface area contributed by atoms with Crippen molar-refractivity contribution in [2.24, 2.45) is 0 Å². The first-order valence-electron chi connectivity index (χ1n) is 3.04. The molecule has 0 N–H and O–H groups in total. The van der Waals surface area contributed by atoms with E-state index in [0.29, 0.717) is 0 Å². The Labute approximate surface area is 54.3 Å². The third-order valence-electron chi connectivity index (χ3n) is 1.78. The normalized spacial score (nSPS) is 22.8. The summed E-state index contributed by atoms with van der Waals surface area (Å²) in [5, 5.41) is 0. The van der Waals surface area contributed by atoms with Gasteiger partial charge in [-0.3, -0.25) is 0 Å². The third kappa shape index (κ3) is 0.524. The molecule has 1 heteroatoms. The highest BCUT2D eigenvalue weighted by molar-refractivity contribution is 5.54. The molecule has 0 aromatic heterocycles. The molecule has 0 atom stereocenters. The molecule has 0 fully saturated rings. The molecule has 46 valence electrons. The number of hydrogen-bond donors (Lipinski definition) is 0. The largest absolute Gasteiger partial charge is 0.372 e. The van der Waals surface area contributed by atoms with Crippen LogP contribution in [0.3, 0.4) is 0 Å². The standard InChI is InChI=1S/C8H8O/c1-9-8-6-2-3-7(8)5-4-6/h2-5,8H,1H3. The molecule has 1 nitrogen and oxygen atoms in total. The Morgan fingerprint density at radius 1 is 1.22 bits per heavy atom. The summed E-state index contributed by atoms with van der Waals surface area (Å²) in [5.41, 5.74) is 2.57.